The number of Topliss-reactive ketones (excluding diaryl/α,β-unsaturated/α-hetero) is 1. The van der Waals surface area contributed by atoms with E-state index in [0.717, 1.165) is 32.1 Å². The van der Waals surface area contributed by atoms with Crippen LogP contribution in [0.15, 0.2) is 23.8 Å². The van der Waals surface area contributed by atoms with Crippen LogP contribution in [0.2, 0.25) is 0 Å². The molecule has 4 aliphatic carbocycles. The number of hydrogen-bond acceptors (Lipinski definition) is 3. The number of allylic oxidation sites excluding steroid dienone is 4. The molecule has 6 atom stereocenters. The minimum absolute atomic E-state index is 0.00830. The number of fused-ring (bicyclic) bond motifs is 5. The molecule has 4 aliphatic rings. The molecule has 0 saturated heterocycles. The predicted octanol–water partition coefficient (Wildman–Crippen LogP) is 3.47. The van der Waals surface area contributed by atoms with Gasteiger partial charge in [-0.1, -0.05) is 31.6 Å². The Bertz CT molecular complexity index is 645. The van der Waals surface area contributed by atoms with Crippen molar-refractivity contribution in [3.63, 3.8) is 0 Å². The Morgan fingerprint density at radius 3 is 2.79 bits per heavy atom. The summed E-state index contributed by atoms with van der Waals surface area (Å²) in [5.74, 6) is 1.90. The maximum Gasteiger partial charge on any atom is 0.162 e. The van der Waals surface area contributed by atoms with E-state index in [-0.39, 0.29) is 29.1 Å². The van der Waals surface area contributed by atoms with Crippen molar-refractivity contribution in [2.75, 3.05) is 6.61 Å². The first-order valence-electron chi connectivity index (χ1n) is 9.47. The van der Waals surface area contributed by atoms with E-state index in [1.54, 1.807) is 0 Å². The van der Waals surface area contributed by atoms with Crippen LogP contribution in [0.25, 0.3) is 0 Å². The van der Waals surface area contributed by atoms with E-state index >= 15 is 0 Å². The summed E-state index contributed by atoms with van der Waals surface area (Å²) in [6.45, 7) is 4.25. The molecule has 130 valence electrons. The second-order valence-corrected chi connectivity index (χ2v) is 8.87. The van der Waals surface area contributed by atoms with Crippen molar-refractivity contribution in [3.8, 4) is 0 Å². The van der Waals surface area contributed by atoms with Crippen molar-refractivity contribution in [2.45, 2.75) is 52.4 Å². The van der Waals surface area contributed by atoms with Crippen LogP contribution in [0.3, 0.4) is 0 Å². The summed E-state index contributed by atoms with van der Waals surface area (Å²) < 4.78 is 0. The molecule has 0 radical (unpaired) electrons. The molecule has 0 heterocycles. The molecule has 0 aromatic rings. The van der Waals surface area contributed by atoms with E-state index in [1.165, 1.54) is 5.57 Å². The van der Waals surface area contributed by atoms with E-state index in [1.807, 2.05) is 6.08 Å². The van der Waals surface area contributed by atoms with Gasteiger partial charge in [-0.25, -0.2) is 0 Å². The van der Waals surface area contributed by atoms with E-state index in [9.17, 15) is 14.7 Å². The van der Waals surface area contributed by atoms with Gasteiger partial charge in [0, 0.05) is 12.3 Å². The van der Waals surface area contributed by atoms with Crippen LogP contribution in [-0.4, -0.2) is 23.3 Å². The van der Waals surface area contributed by atoms with Crippen LogP contribution >= 0.6 is 0 Å². The summed E-state index contributed by atoms with van der Waals surface area (Å²) in [4.78, 5) is 24.1. The molecular weight excluding hydrogens is 300 g/mol. The normalized spacial score (nSPS) is 46.8. The average Bonchev–Trinajstić information content (AvgIpc) is 2.92. The van der Waals surface area contributed by atoms with E-state index in [4.69, 9.17) is 0 Å². The van der Waals surface area contributed by atoms with Crippen molar-refractivity contribution >= 4 is 11.6 Å². The first-order chi connectivity index (χ1) is 11.4. The van der Waals surface area contributed by atoms with Crippen LogP contribution in [0.4, 0.5) is 0 Å². The molecule has 24 heavy (non-hydrogen) atoms. The first-order valence-corrected chi connectivity index (χ1v) is 9.47. The third-order valence-corrected chi connectivity index (χ3v) is 7.94. The van der Waals surface area contributed by atoms with Crippen LogP contribution in [0, 0.1) is 34.5 Å². The Hall–Kier alpha value is -1.22. The van der Waals surface area contributed by atoms with Gasteiger partial charge in [0.1, 0.15) is 6.61 Å². The van der Waals surface area contributed by atoms with Crippen LogP contribution in [-0.2, 0) is 9.59 Å². The Morgan fingerprint density at radius 2 is 2.04 bits per heavy atom. The minimum atomic E-state index is -0.332. The number of carbonyl (C=O) groups is 2. The molecule has 0 amide bonds. The molecule has 2 fully saturated rings. The van der Waals surface area contributed by atoms with Crippen molar-refractivity contribution in [2.24, 2.45) is 34.5 Å². The molecule has 0 aromatic heterocycles. The molecule has 0 unspecified atom stereocenters. The summed E-state index contributed by atoms with van der Waals surface area (Å²) in [6, 6.07) is 0. The standard InChI is InChI=1S/C21H28O3/c1-20-9-7-14(23)11-13(20)3-4-15-16-5-6-18(19(24)12-22)21(16,2)10-8-17(15)20/h8,10-11,15-18,22H,3-7,9,12H2,1-2H3/t15-,16-,17-,18+,20-,21-/m0/s1. The lowest BCUT2D eigenvalue weighted by atomic mass is 9.49. The lowest BCUT2D eigenvalue weighted by molar-refractivity contribution is -0.129. The number of rotatable bonds is 2. The Labute approximate surface area is 144 Å². The van der Waals surface area contributed by atoms with Crippen LogP contribution in [0.1, 0.15) is 52.4 Å². The molecule has 3 nitrogen and oxygen atoms in total. The van der Waals surface area contributed by atoms with Gasteiger partial charge in [-0.15, -0.1) is 0 Å². The van der Waals surface area contributed by atoms with Gasteiger partial charge in [0.25, 0.3) is 0 Å². The third kappa shape index (κ3) is 2.06. The highest BCUT2D eigenvalue weighted by molar-refractivity contribution is 5.91. The lowest BCUT2D eigenvalue weighted by Crippen LogP contribution is -2.48. The lowest BCUT2D eigenvalue weighted by Gasteiger charge is -2.55. The van der Waals surface area contributed by atoms with Crippen molar-refractivity contribution in [1.82, 2.24) is 0 Å². The SMILES string of the molecule is C[C@]12C=C[C@H]3[C@@H](CCC4=CC(=O)CC[C@@]43C)[C@@H]1CC[C@@H]2C(=O)CO. The van der Waals surface area contributed by atoms with Crippen LogP contribution in [0.5, 0.6) is 0 Å². The Morgan fingerprint density at radius 1 is 1.25 bits per heavy atom. The number of ketones is 2. The molecule has 4 rings (SSSR count). The van der Waals surface area contributed by atoms with E-state index in [0.29, 0.717) is 30.0 Å². The molecule has 2 saturated carbocycles. The van der Waals surface area contributed by atoms with Crippen molar-refractivity contribution in [3.05, 3.63) is 23.8 Å². The smallest absolute Gasteiger partial charge is 0.162 e. The second-order valence-electron chi connectivity index (χ2n) is 8.87. The minimum Gasteiger partial charge on any atom is -0.389 e. The number of carbonyl (C=O) groups excluding carboxylic acids is 2. The quantitative estimate of drug-likeness (QED) is 0.790. The van der Waals surface area contributed by atoms with Gasteiger partial charge < -0.3 is 5.11 Å². The summed E-state index contributed by atoms with van der Waals surface area (Å²) in [5, 5.41) is 9.34. The highest BCUT2D eigenvalue weighted by atomic mass is 16.3. The van der Waals surface area contributed by atoms with Crippen molar-refractivity contribution in [1.29, 1.82) is 0 Å². The largest absolute Gasteiger partial charge is 0.389 e. The zero-order valence-electron chi connectivity index (χ0n) is 14.8. The van der Waals surface area contributed by atoms with E-state index in [2.05, 4.69) is 26.0 Å². The third-order valence-electron chi connectivity index (χ3n) is 7.94. The first kappa shape index (κ1) is 16.3. The van der Waals surface area contributed by atoms with Gasteiger partial charge in [-0.2, -0.15) is 0 Å². The monoisotopic (exact) mass is 328 g/mol. The maximum absolute atomic E-state index is 12.2. The van der Waals surface area contributed by atoms with E-state index < -0.39 is 0 Å². The van der Waals surface area contributed by atoms with Gasteiger partial charge >= 0.3 is 0 Å². The molecule has 0 aromatic carbocycles. The number of aliphatic hydroxyl groups excluding tert-OH is 1. The van der Waals surface area contributed by atoms with Gasteiger partial charge in [0.2, 0.25) is 0 Å². The van der Waals surface area contributed by atoms with Gasteiger partial charge in [-0.3, -0.25) is 9.59 Å². The fourth-order valence-corrected chi connectivity index (χ4v) is 6.56. The highest BCUT2D eigenvalue weighted by Gasteiger charge is 2.57. The Kier molecular flexibility index (Phi) is 3.65. The maximum atomic E-state index is 12.2. The highest BCUT2D eigenvalue weighted by Crippen LogP contribution is 2.64. The second kappa shape index (κ2) is 5.39. The predicted molar refractivity (Wildman–Crippen MR) is 92.2 cm³/mol. The summed E-state index contributed by atoms with van der Waals surface area (Å²) in [7, 11) is 0. The fourth-order valence-electron chi connectivity index (χ4n) is 6.56. The topological polar surface area (TPSA) is 54.4 Å². The average molecular weight is 328 g/mol. The van der Waals surface area contributed by atoms with Gasteiger partial charge in [0.05, 0.1) is 0 Å². The van der Waals surface area contributed by atoms with Crippen LogP contribution < -0.4 is 0 Å². The summed E-state index contributed by atoms with van der Waals surface area (Å²) in [5.41, 5.74) is 1.38. The van der Waals surface area contributed by atoms with Crippen molar-refractivity contribution < 1.29 is 14.7 Å². The number of hydrogen-bond donors (Lipinski definition) is 1. The zero-order valence-corrected chi connectivity index (χ0v) is 14.8. The molecule has 1 N–H and O–H groups in total. The molecular formula is C21H28O3. The molecule has 0 bridgehead atoms. The van der Waals surface area contributed by atoms with Gasteiger partial charge in [0.15, 0.2) is 11.6 Å². The molecule has 3 heteroatoms. The summed E-state index contributed by atoms with van der Waals surface area (Å²) >= 11 is 0. The van der Waals surface area contributed by atoms with Gasteiger partial charge in [-0.05, 0) is 66.8 Å². The Balaban J connectivity index is 1.71. The summed E-state index contributed by atoms with van der Waals surface area (Å²) in [6.07, 6.45) is 12.4. The fraction of sp³-hybridized carbons (Fsp3) is 0.714. The zero-order chi connectivity index (χ0) is 17.1. The molecule has 0 spiro atoms. The molecule has 0 aliphatic heterocycles. The number of aliphatic hydroxyl groups is 1.